The smallest absolute Gasteiger partial charge is 0.248 e. The maximum Gasteiger partial charge on any atom is 0.248 e. The number of sulfonamides is 1. The largest absolute Gasteiger partial charge is 0.323 e. The van der Waals surface area contributed by atoms with E-state index in [1.807, 2.05) is 54.6 Å². The molecule has 0 fully saturated rings. The van der Waals surface area contributed by atoms with Crippen LogP contribution in [0.15, 0.2) is 88.7 Å². The van der Waals surface area contributed by atoms with Gasteiger partial charge in [-0.2, -0.15) is 0 Å². The van der Waals surface area contributed by atoms with Crippen LogP contribution in [0.5, 0.6) is 0 Å². The summed E-state index contributed by atoms with van der Waals surface area (Å²) in [5.74, 6) is -0.399. The van der Waals surface area contributed by atoms with Gasteiger partial charge in [0.1, 0.15) is 6.04 Å². The minimum absolute atomic E-state index is 0.301. The van der Waals surface area contributed by atoms with Crippen molar-refractivity contribution >= 4 is 50.7 Å². The number of hydrogen-bond acceptors (Lipinski definition) is 4. The van der Waals surface area contributed by atoms with E-state index in [-0.39, 0.29) is 0 Å². The maximum absolute atomic E-state index is 13.2. The number of nitrogens with one attached hydrogen (secondary N) is 1. The fraction of sp³-hybridized carbons (Fsp3) is 0.174. The lowest BCUT2D eigenvalue weighted by Crippen LogP contribution is -2.47. The van der Waals surface area contributed by atoms with Crippen LogP contribution in [0.4, 0.5) is 11.4 Å². The Balaban J connectivity index is 1.89. The molecule has 0 aliphatic heterocycles. The summed E-state index contributed by atoms with van der Waals surface area (Å²) >= 11 is 7.47. The highest BCUT2D eigenvalue weighted by atomic mass is 35.5. The predicted molar refractivity (Wildman–Crippen MR) is 128 cm³/mol. The topological polar surface area (TPSA) is 66.5 Å². The van der Waals surface area contributed by atoms with Crippen LogP contribution >= 0.6 is 23.4 Å². The zero-order valence-corrected chi connectivity index (χ0v) is 19.5. The summed E-state index contributed by atoms with van der Waals surface area (Å²) in [6.45, 7) is 1.78. The number of carbonyl (C=O) groups is 1. The average molecular weight is 475 g/mol. The second kappa shape index (κ2) is 10.2. The lowest BCUT2D eigenvalue weighted by Gasteiger charge is -2.30. The summed E-state index contributed by atoms with van der Waals surface area (Å²) < 4.78 is 26.3. The highest BCUT2D eigenvalue weighted by molar-refractivity contribution is 7.99. The molecule has 0 bridgehead atoms. The molecule has 0 heterocycles. The molecule has 1 amide bonds. The van der Waals surface area contributed by atoms with Gasteiger partial charge in [0.25, 0.3) is 0 Å². The van der Waals surface area contributed by atoms with Gasteiger partial charge in [0, 0.05) is 14.8 Å². The number of hydrogen-bond donors (Lipinski definition) is 1. The Bertz CT molecular complexity index is 1140. The van der Waals surface area contributed by atoms with Crippen molar-refractivity contribution in [2.75, 3.05) is 15.9 Å². The SMILES string of the molecule is CC[C@H](C(=O)Nc1ccccc1Sc1ccccc1)N(c1ccc(Cl)cc1)S(C)(=O)=O. The molecule has 0 aromatic heterocycles. The third-order valence-corrected chi connectivity index (χ3v) is 7.04. The number of carbonyl (C=O) groups excluding carboxylic acids is 1. The van der Waals surface area contributed by atoms with E-state index < -0.39 is 22.0 Å². The monoisotopic (exact) mass is 474 g/mol. The summed E-state index contributed by atoms with van der Waals surface area (Å²) in [5.41, 5.74) is 1.02. The van der Waals surface area contributed by atoms with Crippen molar-refractivity contribution < 1.29 is 13.2 Å². The van der Waals surface area contributed by atoms with Crippen molar-refractivity contribution in [2.45, 2.75) is 29.2 Å². The van der Waals surface area contributed by atoms with Crippen molar-refractivity contribution in [3.05, 3.63) is 83.9 Å². The molecule has 1 N–H and O–H groups in total. The summed E-state index contributed by atoms with van der Waals surface area (Å²) in [7, 11) is -3.71. The molecule has 5 nitrogen and oxygen atoms in total. The van der Waals surface area contributed by atoms with E-state index in [2.05, 4.69) is 5.32 Å². The van der Waals surface area contributed by atoms with E-state index in [1.165, 1.54) is 11.8 Å². The molecule has 0 radical (unpaired) electrons. The Morgan fingerprint density at radius 1 is 1.00 bits per heavy atom. The van der Waals surface area contributed by atoms with Gasteiger partial charge in [0.15, 0.2) is 0 Å². The number of anilines is 2. The van der Waals surface area contributed by atoms with Gasteiger partial charge in [-0.3, -0.25) is 9.10 Å². The Kier molecular flexibility index (Phi) is 7.64. The van der Waals surface area contributed by atoms with E-state index in [9.17, 15) is 13.2 Å². The van der Waals surface area contributed by atoms with Crippen LogP contribution in [0, 0.1) is 0 Å². The second-order valence-electron chi connectivity index (χ2n) is 6.86. The van der Waals surface area contributed by atoms with Crippen LogP contribution in [0.25, 0.3) is 0 Å². The van der Waals surface area contributed by atoms with Crippen molar-refractivity contribution in [2.24, 2.45) is 0 Å². The van der Waals surface area contributed by atoms with Crippen LogP contribution in [0.3, 0.4) is 0 Å². The molecule has 0 aliphatic carbocycles. The minimum atomic E-state index is -3.71. The molecular formula is C23H23ClN2O3S2. The number of rotatable bonds is 8. The Labute approximate surface area is 192 Å². The summed E-state index contributed by atoms with van der Waals surface area (Å²) in [6, 6.07) is 22.8. The van der Waals surface area contributed by atoms with E-state index >= 15 is 0 Å². The van der Waals surface area contributed by atoms with Gasteiger partial charge >= 0.3 is 0 Å². The lowest BCUT2D eigenvalue weighted by molar-refractivity contribution is -0.117. The van der Waals surface area contributed by atoms with Crippen molar-refractivity contribution in [3.63, 3.8) is 0 Å². The Morgan fingerprint density at radius 3 is 2.23 bits per heavy atom. The van der Waals surface area contributed by atoms with E-state index in [0.29, 0.717) is 22.8 Å². The first-order valence-electron chi connectivity index (χ1n) is 9.67. The second-order valence-corrected chi connectivity index (χ2v) is 10.3. The molecule has 3 aromatic rings. The highest BCUT2D eigenvalue weighted by Gasteiger charge is 2.31. The van der Waals surface area contributed by atoms with Crippen molar-refractivity contribution in [3.8, 4) is 0 Å². The number of nitrogens with zero attached hydrogens (tertiary/aromatic N) is 1. The van der Waals surface area contributed by atoms with Gasteiger partial charge in [-0.25, -0.2) is 8.42 Å². The first-order valence-corrected chi connectivity index (χ1v) is 12.7. The van der Waals surface area contributed by atoms with Gasteiger partial charge in [-0.05, 0) is 55.0 Å². The summed E-state index contributed by atoms with van der Waals surface area (Å²) in [5, 5.41) is 3.41. The highest BCUT2D eigenvalue weighted by Crippen LogP contribution is 2.33. The fourth-order valence-electron chi connectivity index (χ4n) is 3.14. The van der Waals surface area contributed by atoms with E-state index in [1.54, 1.807) is 31.2 Å². The van der Waals surface area contributed by atoms with Gasteiger partial charge in [-0.15, -0.1) is 0 Å². The van der Waals surface area contributed by atoms with E-state index in [4.69, 9.17) is 11.6 Å². The first kappa shape index (κ1) is 23.2. The number of halogens is 1. The average Bonchev–Trinajstić information content (AvgIpc) is 2.74. The van der Waals surface area contributed by atoms with Crippen molar-refractivity contribution in [1.82, 2.24) is 0 Å². The Hall–Kier alpha value is -2.48. The predicted octanol–water partition coefficient (Wildman–Crippen LogP) is 5.67. The number of benzene rings is 3. The summed E-state index contributed by atoms with van der Waals surface area (Å²) in [6.07, 6.45) is 1.40. The fourth-order valence-corrected chi connectivity index (χ4v) is 5.40. The van der Waals surface area contributed by atoms with Crippen LogP contribution in [0.1, 0.15) is 13.3 Å². The molecular weight excluding hydrogens is 452 g/mol. The third kappa shape index (κ3) is 6.03. The molecule has 0 saturated carbocycles. The van der Waals surface area contributed by atoms with Crippen LogP contribution in [-0.2, 0) is 14.8 Å². The molecule has 31 heavy (non-hydrogen) atoms. The van der Waals surface area contributed by atoms with Gasteiger partial charge < -0.3 is 5.32 Å². The van der Waals surface area contributed by atoms with E-state index in [0.717, 1.165) is 20.4 Å². The first-order chi connectivity index (χ1) is 14.8. The van der Waals surface area contributed by atoms with Crippen LogP contribution in [-0.4, -0.2) is 26.6 Å². The number of para-hydroxylation sites is 1. The zero-order chi connectivity index (χ0) is 22.4. The lowest BCUT2D eigenvalue weighted by atomic mass is 10.2. The molecule has 0 spiro atoms. The molecule has 162 valence electrons. The molecule has 0 saturated heterocycles. The summed E-state index contributed by atoms with van der Waals surface area (Å²) in [4.78, 5) is 15.1. The molecule has 0 unspecified atom stereocenters. The maximum atomic E-state index is 13.2. The molecule has 1 atom stereocenters. The quantitative estimate of drug-likeness (QED) is 0.456. The normalized spacial score (nSPS) is 12.2. The Morgan fingerprint density at radius 2 is 1.61 bits per heavy atom. The molecule has 3 rings (SSSR count). The number of amides is 1. The standard InChI is InChI=1S/C23H23ClN2O3S2/c1-3-21(26(31(2,28)29)18-15-13-17(24)14-16-18)23(27)25-20-11-7-8-12-22(20)30-19-9-5-4-6-10-19/h4-16,21H,3H2,1-2H3,(H,25,27)/t21-/m1/s1. The van der Waals surface area contributed by atoms with Crippen molar-refractivity contribution in [1.29, 1.82) is 0 Å². The minimum Gasteiger partial charge on any atom is -0.323 e. The van der Waals surface area contributed by atoms with Gasteiger partial charge in [-0.1, -0.05) is 60.6 Å². The van der Waals surface area contributed by atoms with Gasteiger partial charge in [0.05, 0.1) is 17.6 Å². The zero-order valence-electron chi connectivity index (χ0n) is 17.2. The molecule has 8 heteroatoms. The van der Waals surface area contributed by atoms with Crippen LogP contribution in [0.2, 0.25) is 5.02 Å². The van der Waals surface area contributed by atoms with Crippen LogP contribution < -0.4 is 9.62 Å². The molecule has 0 aliphatic rings. The third-order valence-electron chi connectivity index (χ3n) is 4.53. The van der Waals surface area contributed by atoms with Gasteiger partial charge in [0.2, 0.25) is 15.9 Å². The molecule has 3 aromatic carbocycles.